The first kappa shape index (κ1) is 11.5. The van der Waals surface area contributed by atoms with Gasteiger partial charge in [0.15, 0.2) is 11.1 Å². The Morgan fingerprint density at radius 1 is 1.39 bits per heavy atom. The average Bonchev–Trinajstić information content (AvgIpc) is 3.03. The first-order chi connectivity index (χ1) is 8.81. The number of para-hydroxylation sites is 1. The number of oxazole rings is 1. The lowest BCUT2D eigenvalue weighted by Gasteiger charge is -2.04. The number of rotatable bonds is 3. The van der Waals surface area contributed by atoms with E-state index in [9.17, 15) is 0 Å². The number of fused-ring (bicyclic) bond motifs is 1. The number of ether oxygens (including phenoxy) is 2. The predicted molar refractivity (Wildman–Crippen MR) is 66.7 cm³/mol. The molecule has 18 heavy (non-hydrogen) atoms. The topological polar surface area (TPSA) is 56.5 Å². The Hall–Kier alpha value is -1.59. The minimum atomic E-state index is 0.118. The van der Waals surface area contributed by atoms with Crippen LogP contribution in [-0.2, 0) is 4.74 Å². The highest BCUT2D eigenvalue weighted by Crippen LogP contribution is 2.30. The van der Waals surface area contributed by atoms with E-state index in [1.807, 2.05) is 18.2 Å². The summed E-state index contributed by atoms with van der Waals surface area (Å²) in [5, 5.41) is 3.35. The maximum Gasteiger partial charge on any atom is 0.212 e. The Labute approximate surface area is 105 Å². The molecule has 0 radical (unpaired) electrons. The number of hydrogen-bond donors (Lipinski definition) is 1. The van der Waals surface area contributed by atoms with Crippen LogP contribution in [0.25, 0.3) is 11.1 Å². The molecule has 1 N–H and O–H groups in total. The Balaban J connectivity index is 1.94. The van der Waals surface area contributed by atoms with E-state index in [1.165, 1.54) is 0 Å². The number of benzene rings is 1. The zero-order chi connectivity index (χ0) is 12.5. The molecule has 0 aliphatic carbocycles. The van der Waals surface area contributed by atoms with Crippen molar-refractivity contribution in [3.63, 3.8) is 0 Å². The molecule has 5 heteroatoms. The summed E-state index contributed by atoms with van der Waals surface area (Å²) in [4.78, 5) is 4.52. The van der Waals surface area contributed by atoms with E-state index in [1.54, 1.807) is 14.2 Å². The van der Waals surface area contributed by atoms with E-state index in [2.05, 4.69) is 10.3 Å². The fourth-order valence-corrected chi connectivity index (χ4v) is 2.33. The lowest BCUT2D eigenvalue weighted by atomic mass is 10.2. The minimum Gasteiger partial charge on any atom is -0.494 e. The largest absolute Gasteiger partial charge is 0.494 e. The first-order valence-electron chi connectivity index (χ1n) is 6.01. The van der Waals surface area contributed by atoms with E-state index in [0.29, 0.717) is 5.89 Å². The van der Waals surface area contributed by atoms with Crippen LogP contribution >= 0.6 is 0 Å². The van der Waals surface area contributed by atoms with Gasteiger partial charge in [-0.25, -0.2) is 4.98 Å². The third kappa shape index (κ3) is 1.85. The van der Waals surface area contributed by atoms with Crippen molar-refractivity contribution in [2.75, 3.05) is 20.8 Å². The second kappa shape index (κ2) is 4.59. The molecule has 2 unspecified atom stereocenters. The molecule has 2 atom stereocenters. The van der Waals surface area contributed by atoms with E-state index in [-0.39, 0.29) is 12.1 Å². The monoisotopic (exact) mass is 248 g/mol. The summed E-state index contributed by atoms with van der Waals surface area (Å²) in [6, 6.07) is 5.80. The number of aromatic nitrogens is 1. The molecule has 1 saturated heterocycles. The van der Waals surface area contributed by atoms with Gasteiger partial charge in [-0.3, -0.25) is 0 Å². The van der Waals surface area contributed by atoms with Crippen LogP contribution in [-0.4, -0.2) is 31.9 Å². The van der Waals surface area contributed by atoms with E-state index >= 15 is 0 Å². The Bertz CT molecular complexity index is 552. The van der Waals surface area contributed by atoms with Crippen molar-refractivity contribution in [1.29, 1.82) is 0 Å². The van der Waals surface area contributed by atoms with Gasteiger partial charge in [0.25, 0.3) is 0 Å². The minimum absolute atomic E-state index is 0.118. The molecule has 1 aliphatic heterocycles. The summed E-state index contributed by atoms with van der Waals surface area (Å²) in [7, 11) is 3.36. The summed E-state index contributed by atoms with van der Waals surface area (Å²) in [5.41, 5.74) is 1.53. The zero-order valence-corrected chi connectivity index (χ0v) is 10.5. The SMILES string of the molecule is COc1cccc2oc(C3CC(OC)CN3)nc12. The second-order valence-electron chi connectivity index (χ2n) is 4.41. The predicted octanol–water partition coefficient (Wildman–Crippen LogP) is 1.89. The highest BCUT2D eigenvalue weighted by Gasteiger charge is 2.29. The first-order valence-corrected chi connectivity index (χ1v) is 6.01. The number of nitrogens with zero attached hydrogens (tertiary/aromatic N) is 1. The van der Waals surface area contributed by atoms with Crippen molar-refractivity contribution in [3.05, 3.63) is 24.1 Å². The van der Waals surface area contributed by atoms with Crippen LogP contribution in [0.3, 0.4) is 0 Å². The second-order valence-corrected chi connectivity index (χ2v) is 4.41. The number of hydrogen-bond acceptors (Lipinski definition) is 5. The molecule has 5 nitrogen and oxygen atoms in total. The molecule has 1 aromatic heterocycles. The molecular formula is C13H16N2O3. The lowest BCUT2D eigenvalue weighted by Crippen LogP contribution is -2.16. The van der Waals surface area contributed by atoms with Crippen molar-refractivity contribution in [1.82, 2.24) is 10.3 Å². The van der Waals surface area contributed by atoms with Crippen LogP contribution in [0.2, 0.25) is 0 Å². The van der Waals surface area contributed by atoms with Crippen molar-refractivity contribution in [2.24, 2.45) is 0 Å². The zero-order valence-electron chi connectivity index (χ0n) is 10.5. The Morgan fingerprint density at radius 2 is 2.28 bits per heavy atom. The molecule has 2 heterocycles. The molecule has 1 fully saturated rings. The smallest absolute Gasteiger partial charge is 0.212 e. The van der Waals surface area contributed by atoms with Gasteiger partial charge in [0.05, 0.1) is 19.3 Å². The average molecular weight is 248 g/mol. The molecule has 1 aliphatic rings. The van der Waals surface area contributed by atoms with Crippen LogP contribution in [0, 0.1) is 0 Å². The highest BCUT2D eigenvalue weighted by atomic mass is 16.5. The van der Waals surface area contributed by atoms with Gasteiger partial charge >= 0.3 is 0 Å². The van der Waals surface area contributed by atoms with E-state index in [4.69, 9.17) is 13.9 Å². The van der Waals surface area contributed by atoms with Crippen LogP contribution in [0.5, 0.6) is 5.75 Å². The van der Waals surface area contributed by atoms with Crippen LogP contribution in [0.15, 0.2) is 22.6 Å². The molecule has 0 saturated carbocycles. The van der Waals surface area contributed by atoms with Crippen LogP contribution in [0.1, 0.15) is 18.4 Å². The van der Waals surface area contributed by atoms with Gasteiger partial charge in [-0.05, 0) is 18.6 Å². The van der Waals surface area contributed by atoms with Crippen LogP contribution < -0.4 is 10.1 Å². The van der Waals surface area contributed by atoms with E-state index < -0.39 is 0 Å². The lowest BCUT2D eigenvalue weighted by molar-refractivity contribution is 0.116. The standard InChI is InChI=1S/C13H16N2O3/c1-16-8-6-9(14-7-8)13-15-12-10(17-2)4-3-5-11(12)18-13/h3-5,8-9,14H,6-7H2,1-2H3. The summed E-state index contributed by atoms with van der Waals surface area (Å²) in [6.45, 7) is 0.830. The molecule has 3 rings (SSSR count). The van der Waals surface area contributed by atoms with E-state index in [0.717, 1.165) is 29.8 Å². The molecular weight excluding hydrogens is 232 g/mol. The molecule has 0 amide bonds. The fourth-order valence-electron chi connectivity index (χ4n) is 2.33. The van der Waals surface area contributed by atoms with Gasteiger partial charge in [0.2, 0.25) is 5.89 Å². The maximum absolute atomic E-state index is 5.78. The number of nitrogens with one attached hydrogen (secondary N) is 1. The van der Waals surface area contributed by atoms with Gasteiger partial charge in [-0.15, -0.1) is 0 Å². The highest BCUT2D eigenvalue weighted by molar-refractivity contribution is 5.79. The fraction of sp³-hybridized carbons (Fsp3) is 0.462. The molecule has 1 aromatic carbocycles. The van der Waals surface area contributed by atoms with Crippen molar-refractivity contribution in [2.45, 2.75) is 18.6 Å². The van der Waals surface area contributed by atoms with Crippen molar-refractivity contribution < 1.29 is 13.9 Å². The van der Waals surface area contributed by atoms with Gasteiger partial charge in [0, 0.05) is 13.7 Å². The van der Waals surface area contributed by atoms with Crippen molar-refractivity contribution in [3.8, 4) is 5.75 Å². The quantitative estimate of drug-likeness (QED) is 0.898. The Kier molecular flexibility index (Phi) is 2.93. The van der Waals surface area contributed by atoms with Crippen molar-refractivity contribution >= 4 is 11.1 Å². The summed E-state index contributed by atoms with van der Waals surface area (Å²) < 4.78 is 16.4. The van der Waals surface area contributed by atoms with Gasteiger partial charge < -0.3 is 19.2 Å². The normalized spacial score (nSPS) is 23.7. The summed E-state index contributed by atoms with van der Waals surface area (Å²) >= 11 is 0. The summed E-state index contributed by atoms with van der Waals surface area (Å²) in [5.74, 6) is 1.44. The van der Waals surface area contributed by atoms with Crippen LogP contribution in [0.4, 0.5) is 0 Å². The van der Waals surface area contributed by atoms with Gasteiger partial charge in [-0.1, -0.05) is 6.07 Å². The molecule has 96 valence electrons. The third-order valence-corrected chi connectivity index (χ3v) is 3.34. The van der Waals surface area contributed by atoms with Gasteiger partial charge in [0.1, 0.15) is 5.75 Å². The summed E-state index contributed by atoms with van der Waals surface area (Å²) in [6.07, 6.45) is 1.11. The molecule has 0 spiro atoms. The molecule has 0 bridgehead atoms. The molecule has 2 aromatic rings. The van der Waals surface area contributed by atoms with Gasteiger partial charge in [-0.2, -0.15) is 0 Å². The maximum atomic E-state index is 5.78. The Morgan fingerprint density at radius 3 is 3.00 bits per heavy atom. The third-order valence-electron chi connectivity index (χ3n) is 3.34. The number of methoxy groups -OCH3 is 2.